The van der Waals surface area contributed by atoms with Gasteiger partial charge in [0.25, 0.3) is 0 Å². The van der Waals surface area contributed by atoms with E-state index >= 15 is 0 Å². The first-order valence-electron chi connectivity index (χ1n) is 0.408. The summed E-state index contributed by atoms with van der Waals surface area (Å²) in [5.41, 5.74) is 0. The van der Waals surface area contributed by atoms with Gasteiger partial charge >= 0.3 is 0 Å². The summed E-state index contributed by atoms with van der Waals surface area (Å²) in [5.74, 6) is 0. The molecule has 32 valence electrons. The van der Waals surface area contributed by atoms with Gasteiger partial charge in [0, 0.05) is 41.7 Å². The van der Waals surface area contributed by atoms with Crippen molar-refractivity contribution in [3.63, 3.8) is 0 Å². The molecule has 0 aliphatic heterocycles. The van der Waals surface area contributed by atoms with E-state index in [1.165, 1.54) is 0 Å². The second-order valence-electron chi connectivity index (χ2n) is 0. The van der Waals surface area contributed by atoms with Gasteiger partial charge in [0.1, 0.15) is 0 Å². The quantitative estimate of drug-likeness (QED) is 0.562. The summed E-state index contributed by atoms with van der Waals surface area (Å²) in [7, 11) is 0. The first-order chi connectivity index (χ1) is 1.00. The van der Waals surface area contributed by atoms with Crippen LogP contribution in [0.5, 0.6) is 0 Å². The molecule has 0 atom stereocenters. The Morgan fingerprint density at radius 2 is 1.00 bits per heavy atom. The number of halogens is 2. The van der Waals surface area contributed by atoms with Gasteiger partial charge in [-0.1, -0.05) is 0 Å². The van der Waals surface area contributed by atoms with Crippen LogP contribution >= 0.6 is 24.8 Å². The van der Waals surface area contributed by atoms with Gasteiger partial charge in [-0.3, -0.25) is 6.58 Å². The van der Waals surface area contributed by atoms with Gasteiger partial charge in [-0.15, -0.1) is 24.8 Å². The molecule has 0 nitrogen and oxygen atoms in total. The molecule has 0 heterocycles. The molecular formula is C2H5CeCl2-. The Morgan fingerprint density at radius 1 is 1.00 bits per heavy atom. The third kappa shape index (κ3) is 27.0. The topological polar surface area (TPSA) is 0 Å². The van der Waals surface area contributed by atoms with Crippen LogP contribution in [0.25, 0.3) is 0 Å². The molecule has 0 N–H and O–H groups in total. The molecule has 0 saturated heterocycles. The van der Waals surface area contributed by atoms with Gasteiger partial charge in [-0.2, -0.15) is 0 Å². The average Bonchev–Trinajstić information content (AvgIpc) is 1.00. The van der Waals surface area contributed by atoms with Crippen LogP contribution in [0.15, 0.2) is 6.58 Å². The minimum absolute atomic E-state index is 0. The molecule has 0 fully saturated rings. The summed E-state index contributed by atoms with van der Waals surface area (Å²) in [6.07, 6.45) is 0. The summed E-state index contributed by atoms with van der Waals surface area (Å²) in [4.78, 5) is 0. The molecule has 0 aliphatic carbocycles. The largest absolute Gasteiger partial charge is 0.521 e. The predicted molar refractivity (Wildman–Crippen MR) is 24.4 cm³/mol. The zero-order valence-electron chi connectivity index (χ0n) is 2.60. The minimum Gasteiger partial charge on any atom is -0.521 e. The average molecular weight is 240 g/mol. The maximum Gasteiger partial charge on any atom is 0 e. The molecule has 0 unspecified atom stereocenters. The van der Waals surface area contributed by atoms with Crippen LogP contribution in [0.1, 0.15) is 0 Å². The van der Waals surface area contributed by atoms with Crippen molar-refractivity contribution in [2.24, 2.45) is 0 Å². The van der Waals surface area contributed by atoms with Crippen molar-refractivity contribution in [2.75, 3.05) is 0 Å². The van der Waals surface area contributed by atoms with Crippen LogP contribution < -0.4 is 0 Å². The Balaban J connectivity index is -0.00000000167. The van der Waals surface area contributed by atoms with E-state index < -0.39 is 0 Å². The van der Waals surface area contributed by atoms with Crippen LogP contribution in [0.4, 0.5) is 0 Å². The van der Waals surface area contributed by atoms with E-state index in [1.807, 2.05) is 0 Å². The predicted octanol–water partition coefficient (Wildman–Crippen LogP) is 1.45. The maximum atomic E-state index is 4.25. The second-order valence-corrected chi connectivity index (χ2v) is 0. The standard InChI is InChI=1S/C2H3.Ce.2ClH/c1-2;;;/h1H,2H2;;2*1H/q-1;;;. The molecule has 0 aromatic carbocycles. The van der Waals surface area contributed by atoms with Crippen molar-refractivity contribution in [1.82, 2.24) is 0 Å². The maximum absolute atomic E-state index is 4.25. The van der Waals surface area contributed by atoms with Gasteiger partial charge in [-0.05, 0) is 0 Å². The fourth-order valence-corrected chi connectivity index (χ4v) is 0. The molecule has 0 rings (SSSR count). The van der Waals surface area contributed by atoms with Crippen molar-refractivity contribution < 1.29 is 41.7 Å². The number of rotatable bonds is 0. The third-order valence-corrected chi connectivity index (χ3v) is 0. The zero-order chi connectivity index (χ0) is 2.00. The smallest absolute Gasteiger partial charge is 0 e. The second kappa shape index (κ2) is 43.7. The zero-order valence-corrected chi connectivity index (χ0v) is 7.37. The van der Waals surface area contributed by atoms with E-state index in [0.29, 0.717) is 0 Å². The Bertz CT molecular complexity index is 7.61. The van der Waals surface area contributed by atoms with Crippen LogP contribution in [0, 0.1) is 48.3 Å². The van der Waals surface area contributed by atoms with E-state index in [2.05, 4.69) is 13.2 Å². The van der Waals surface area contributed by atoms with Crippen LogP contribution in [-0.4, -0.2) is 0 Å². The molecule has 3 heteroatoms. The normalized spacial score (nSPS) is 0.800. The first-order valence-corrected chi connectivity index (χ1v) is 0.408. The fourth-order valence-electron chi connectivity index (χ4n) is 0. The molecular weight excluding hydrogens is 235 g/mol. The van der Waals surface area contributed by atoms with Crippen LogP contribution in [0.3, 0.4) is 0 Å². The Hall–Kier alpha value is 1.70. The van der Waals surface area contributed by atoms with E-state index in [1.54, 1.807) is 0 Å². The van der Waals surface area contributed by atoms with Gasteiger partial charge in [0.15, 0.2) is 0 Å². The molecule has 0 spiro atoms. The third-order valence-electron chi connectivity index (χ3n) is 0. The molecule has 0 amide bonds. The summed E-state index contributed by atoms with van der Waals surface area (Å²) in [6.45, 7) is 7.00. The summed E-state index contributed by atoms with van der Waals surface area (Å²) >= 11 is 0. The summed E-state index contributed by atoms with van der Waals surface area (Å²) in [5, 5.41) is 0. The van der Waals surface area contributed by atoms with Crippen molar-refractivity contribution in [1.29, 1.82) is 0 Å². The minimum atomic E-state index is 0. The molecule has 0 aromatic rings. The van der Waals surface area contributed by atoms with Gasteiger partial charge in [-0.25, -0.2) is 0 Å². The van der Waals surface area contributed by atoms with Gasteiger partial charge in [0.05, 0.1) is 0 Å². The Labute approximate surface area is 78.6 Å². The Morgan fingerprint density at radius 3 is 1.00 bits per heavy atom. The van der Waals surface area contributed by atoms with Crippen LogP contribution in [-0.2, 0) is 0 Å². The molecule has 0 radical (unpaired) electrons. The molecule has 0 bridgehead atoms. The van der Waals surface area contributed by atoms with Crippen molar-refractivity contribution in [2.45, 2.75) is 0 Å². The van der Waals surface area contributed by atoms with E-state index in [9.17, 15) is 0 Å². The van der Waals surface area contributed by atoms with Gasteiger partial charge < -0.3 is 6.58 Å². The summed E-state index contributed by atoms with van der Waals surface area (Å²) in [6, 6.07) is 0. The molecule has 5 heavy (non-hydrogen) atoms. The van der Waals surface area contributed by atoms with E-state index in [4.69, 9.17) is 0 Å². The Kier molecular flexibility index (Phi) is 261. The number of hydrogen-bond acceptors (Lipinski definition) is 0. The van der Waals surface area contributed by atoms with Crippen LogP contribution in [0.2, 0.25) is 0 Å². The van der Waals surface area contributed by atoms with Crippen molar-refractivity contribution in [3.8, 4) is 0 Å². The first kappa shape index (κ1) is 29.9. The summed E-state index contributed by atoms with van der Waals surface area (Å²) < 4.78 is 0. The fraction of sp³-hybridized carbons (Fsp3) is 0. The van der Waals surface area contributed by atoms with E-state index in [0.717, 1.165) is 0 Å². The molecule has 0 aliphatic rings. The monoisotopic (exact) mass is 239 g/mol. The molecule has 0 saturated carbocycles. The van der Waals surface area contributed by atoms with Crippen molar-refractivity contribution in [3.05, 3.63) is 13.2 Å². The SMILES string of the molecule is Cl.Cl.[CH-]=C.[Ce]. The molecule has 0 aromatic heterocycles. The number of hydrogen-bond donors (Lipinski definition) is 0. The van der Waals surface area contributed by atoms with Gasteiger partial charge in [0.2, 0.25) is 0 Å². The van der Waals surface area contributed by atoms with Crippen molar-refractivity contribution >= 4 is 24.8 Å². The van der Waals surface area contributed by atoms with E-state index in [-0.39, 0.29) is 66.6 Å².